The van der Waals surface area contributed by atoms with Crippen molar-refractivity contribution in [3.05, 3.63) is 46.2 Å². The minimum absolute atomic E-state index is 0.228. The highest BCUT2D eigenvalue weighted by molar-refractivity contribution is 6.37. The molecular weight excluding hydrogens is 276 g/mol. The second-order valence-corrected chi connectivity index (χ2v) is 4.03. The number of hydrogen-bond acceptors (Lipinski definition) is 1. The SMILES string of the molecule is FC(F)(F)c1ccn(-c2c(Cl)cccc2Cl)n1. The summed E-state index contributed by atoms with van der Waals surface area (Å²) in [5.41, 5.74) is -0.764. The molecule has 0 fully saturated rings. The molecule has 2 nitrogen and oxygen atoms in total. The maximum absolute atomic E-state index is 12.4. The van der Waals surface area contributed by atoms with Gasteiger partial charge in [0.2, 0.25) is 0 Å². The highest BCUT2D eigenvalue weighted by atomic mass is 35.5. The van der Waals surface area contributed by atoms with E-state index < -0.39 is 11.9 Å². The van der Waals surface area contributed by atoms with E-state index in [1.54, 1.807) is 6.07 Å². The lowest BCUT2D eigenvalue weighted by molar-refractivity contribution is -0.141. The van der Waals surface area contributed by atoms with Gasteiger partial charge in [0.1, 0.15) is 5.69 Å². The first-order valence-corrected chi connectivity index (χ1v) is 5.22. The summed E-state index contributed by atoms with van der Waals surface area (Å²) >= 11 is 11.7. The van der Waals surface area contributed by atoms with Crippen LogP contribution in [0.4, 0.5) is 13.2 Å². The molecule has 0 aliphatic rings. The number of aromatic nitrogens is 2. The topological polar surface area (TPSA) is 17.8 Å². The second-order valence-electron chi connectivity index (χ2n) is 3.21. The Morgan fingerprint density at radius 3 is 2.12 bits per heavy atom. The third kappa shape index (κ3) is 2.40. The Hall–Kier alpha value is -1.20. The fourth-order valence-corrected chi connectivity index (χ4v) is 1.88. The fourth-order valence-electron chi connectivity index (χ4n) is 1.31. The van der Waals surface area contributed by atoms with Crippen molar-refractivity contribution in [2.24, 2.45) is 0 Å². The summed E-state index contributed by atoms with van der Waals surface area (Å²) in [5, 5.41) is 3.86. The molecular formula is C10H5Cl2F3N2. The zero-order valence-corrected chi connectivity index (χ0v) is 9.68. The quantitative estimate of drug-likeness (QED) is 0.766. The van der Waals surface area contributed by atoms with E-state index in [1.807, 2.05) is 0 Å². The van der Waals surface area contributed by atoms with E-state index >= 15 is 0 Å². The maximum Gasteiger partial charge on any atom is 0.435 e. The summed E-state index contributed by atoms with van der Waals surface area (Å²) in [7, 11) is 0. The number of halogens is 5. The lowest BCUT2D eigenvalue weighted by Crippen LogP contribution is -2.07. The maximum atomic E-state index is 12.4. The number of rotatable bonds is 1. The van der Waals surface area contributed by atoms with Crippen molar-refractivity contribution in [2.45, 2.75) is 6.18 Å². The zero-order chi connectivity index (χ0) is 12.6. The highest BCUT2D eigenvalue weighted by Crippen LogP contribution is 2.31. The molecule has 0 bridgehead atoms. The molecule has 0 unspecified atom stereocenters. The molecule has 0 spiro atoms. The first-order valence-electron chi connectivity index (χ1n) is 4.47. The first kappa shape index (κ1) is 12.3. The Morgan fingerprint density at radius 1 is 1.06 bits per heavy atom. The van der Waals surface area contributed by atoms with Crippen LogP contribution in [0.2, 0.25) is 10.0 Å². The summed E-state index contributed by atoms with van der Waals surface area (Å²) in [6.45, 7) is 0. The van der Waals surface area contributed by atoms with Crippen molar-refractivity contribution in [3.8, 4) is 5.69 Å². The largest absolute Gasteiger partial charge is 0.435 e. The Bertz CT molecular complexity index is 528. The highest BCUT2D eigenvalue weighted by Gasteiger charge is 2.33. The average Bonchev–Trinajstić information content (AvgIpc) is 2.65. The summed E-state index contributed by atoms with van der Waals surface area (Å²) in [6.07, 6.45) is -3.32. The van der Waals surface area contributed by atoms with Crippen molar-refractivity contribution >= 4 is 23.2 Å². The van der Waals surface area contributed by atoms with E-state index in [0.29, 0.717) is 0 Å². The first-order chi connectivity index (χ1) is 7.89. The molecule has 7 heteroatoms. The van der Waals surface area contributed by atoms with Crippen LogP contribution in [0.5, 0.6) is 0 Å². The third-order valence-corrected chi connectivity index (χ3v) is 2.66. The molecule has 0 radical (unpaired) electrons. The number of benzene rings is 1. The summed E-state index contributed by atoms with van der Waals surface area (Å²) in [5.74, 6) is 0. The van der Waals surface area contributed by atoms with E-state index in [2.05, 4.69) is 5.10 Å². The van der Waals surface area contributed by atoms with E-state index in [0.717, 1.165) is 16.9 Å². The van der Waals surface area contributed by atoms with E-state index in [-0.39, 0.29) is 15.7 Å². The molecule has 90 valence electrons. The number of hydrogen-bond donors (Lipinski definition) is 0. The molecule has 0 N–H and O–H groups in total. The minimum Gasteiger partial charge on any atom is -0.237 e. The predicted octanol–water partition coefficient (Wildman–Crippen LogP) is 4.20. The molecule has 0 saturated heterocycles. The normalized spacial score (nSPS) is 11.8. The molecule has 0 amide bonds. The van der Waals surface area contributed by atoms with E-state index in [1.165, 1.54) is 12.1 Å². The van der Waals surface area contributed by atoms with Gasteiger partial charge in [-0.15, -0.1) is 0 Å². The summed E-state index contributed by atoms with van der Waals surface area (Å²) in [6, 6.07) is 5.51. The van der Waals surface area contributed by atoms with Gasteiger partial charge < -0.3 is 0 Å². The molecule has 2 aromatic rings. The van der Waals surface area contributed by atoms with Crippen molar-refractivity contribution < 1.29 is 13.2 Å². The van der Waals surface area contributed by atoms with Crippen LogP contribution in [0.25, 0.3) is 5.69 Å². The molecule has 0 saturated carbocycles. The van der Waals surface area contributed by atoms with Crippen LogP contribution in [0.1, 0.15) is 5.69 Å². The van der Waals surface area contributed by atoms with Gasteiger partial charge >= 0.3 is 6.18 Å². The van der Waals surface area contributed by atoms with Gasteiger partial charge in [-0.25, -0.2) is 4.68 Å². The van der Waals surface area contributed by atoms with Gasteiger partial charge in [0.05, 0.1) is 10.0 Å². The molecule has 1 aromatic carbocycles. The Morgan fingerprint density at radius 2 is 1.65 bits per heavy atom. The number of nitrogens with zero attached hydrogens (tertiary/aromatic N) is 2. The van der Waals surface area contributed by atoms with Gasteiger partial charge in [-0.2, -0.15) is 18.3 Å². The molecule has 17 heavy (non-hydrogen) atoms. The van der Waals surface area contributed by atoms with Crippen LogP contribution in [0.3, 0.4) is 0 Å². The standard InChI is InChI=1S/C10H5Cl2F3N2/c11-6-2-1-3-7(12)9(6)17-5-4-8(16-17)10(13,14)15/h1-5H. The lowest BCUT2D eigenvalue weighted by Gasteiger charge is -2.06. The van der Waals surface area contributed by atoms with Crippen LogP contribution in [-0.2, 0) is 6.18 Å². The Kier molecular flexibility index (Phi) is 3.05. The van der Waals surface area contributed by atoms with Gasteiger partial charge in [0.25, 0.3) is 0 Å². The fraction of sp³-hybridized carbons (Fsp3) is 0.100. The van der Waals surface area contributed by atoms with Gasteiger partial charge in [-0.3, -0.25) is 0 Å². The van der Waals surface area contributed by atoms with Gasteiger partial charge in [-0.05, 0) is 18.2 Å². The molecule has 0 aliphatic carbocycles. The summed E-state index contributed by atoms with van der Waals surface area (Å²) < 4.78 is 38.1. The molecule has 0 atom stereocenters. The Labute approximate surface area is 105 Å². The zero-order valence-electron chi connectivity index (χ0n) is 8.17. The van der Waals surface area contributed by atoms with Crippen molar-refractivity contribution in [2.75, 3.05) is 0 Å². The smallest absolute Gasteiger partial charge is 0.237 e. The number of para-hydroxylation sites is 1. The lowest BCUT2D eigenvalue weighted by atomic mass is 10.3. The average molecular weight is 281 g/mol. The van der Waals surface area contributed by atoms with Gasteiger partial charge in [0.15, 0.2) is 5.69 Å². The Balaban J connectivity index is 2.51. The molecule has 0 aliphatic heterocycles. The van der Waals surface area contributed by atoms with Crippen LogP contribution >= 0.6 is 23.2 Å². The van der Waals surface area contributed by atoms with Crippen LogP contribution in [0, 0.1) is 0 Å². The van der Waals surface area contributed by atoms with Crippen molar-refractivity contribution in [1.82, 2.24) is 9.78 Å². The van der Waals surface area contributed by atoms with Gasteiger partial charge in [-0.1, -0.05) is 29.3 Å². The van der Waals surface area contributed by atoms with Crippen molar-refractivity contribution in [1.29, 1.82) is 0 Å². The molecule has 2 rings (SSSR count). The van der Waals surface area contributed by atoms with Crippen LogP contribution in [-0.4, -0.2) is 9.78 Å². The van der Waals surface area contributed by atoms with Crippen LogP contribution < -0.4 is 0 Å². The van der Waals surface area contributed by atoms with Crippen molar-refractivity contribution in [3.63, 3.8) is 0 Å². The molecule has 1 aromatic heterocycles. The third-order valence-electron chi connectivity index (χ3n) is 2.05. The minimum atomic E-state index is -4.49. The molecule has 1 heterocycles. The predicted molar refractivity (Wildman–Crippen MR) is 58.6 cm³/mol. The van der Waals surface area contributed by atoms with E-state index in [9.17, 15) is 13.2 Å². The number of alkyl halides is 3. The monoisotopic (exact) mass is 280 g/mol. The van der Waals surface area contributed by atoms with Gasteiger partial charge in [0, 0.05) is 6.20 Å². The van der Waals surface area contributed by atoms with Crippen LogP contribution in [0.15, 0.2) is 30.5 Å². The summed E-state index contributed by atoms with van der Waals surface area (Å²) in [4.78, 5) is 0. The van der Waals surface area contributed by atoms with E-state index in [4.69, 9.17) is 23.2 Å². The second kappa shape index (κ2) is 4.23.